The van der Waals surface area contributed by atoms with Crippen LogP contribution in [0, 0.1) is 5.92 Å². The Hall–Kier alpha value is -0.620. The molecule has 1 aromatic rings. The summed E-state index contributed by atoms with van der Waals surface area (Å²) in [5.74, 6) is 0.338. The van der Waals surface area contributed by atoms with Gasteiger partial charge < -0.3 is 5.32 Å². The molecule has 0 amide bonds. The van der Waals surface area contributed by atoms with Crippen LogP contribution in [0.4, 0.5) is 0 Å². The van der Waals surface area contributed by atoms with Gasteiger partial charge in [0.2, 0.25) is 10.0 Å². The van der Waals surface area contributed by atoms with Crippen LogP contribution in [0.15, 0.2) is 24.3 Å². The Labute approximate surface area is 138 Å². The van der Waals surface area contributed by atoms with E-state index in [1.54, 1.807) is 4.31 Å². The summed E-state index contributed by atoms with van der Waals surface area (Å²) in [6.45, 7) is 5.45. The van der Waals surface area contributed by atoms with Crippen molar-refractivity contribution in [2.45, 2.75) is 38.8 Å². The van der Waals surface area contributed by atoms with E-state index in [0.717, 1.165) is 23.4 Å². The quantitative estimate of drug-likeness (QED) is 0.893. The molecule has 0 radical (unpaired) electrons. The van der Waals surface area contributed by atoms with Crippen molar-refractivity contribution in [3.63, 3.8) is 0 Å². The number of piperidine rings is 1. The van der Waals surface area contributed by atoms with E-state index in [9.17, 15) is 8.42 Å². The van der Waals surface area contributed by atoms with Crippen molar-refractivity contribution in [1.29, 1.82) is 0 Å². The van der Waals surface area contributed by atoms with Crippen LogP contribution in [-0.2, 0) is 10.0 Å². The predicted octanol–water partition coefficient (Wildman–Crippen LogP) is 3.05. The molecule has 1 saturated heterocycles. The van der Waals surface area contributed by atoms with Crippen LogP contribution >= 0.6 is 11.6 Å². The molecule has 1 N–H and O–H groups in total. The maximum Gasteiger partial charge on any atom is 0.211 e. The summed E-state index contributed by atoms with van der Waals surface area (Å²) in [5, 5.41) is 4.40. The Morgan fingerprint density at radius 3 is 2.77 bits per heavy atom. The van der Waals surface area contributed by atoms with Gasteiger partial charge in [0.25, 0.3) is 0 Å². The zero-order valence-electron chi connectivity index (χ0n) is 13.4. The van der Waals surface area contributed by atoms with Gasteiger partial charge in [-0.3, -0.25) is 0 Å². The molecule has 0 unspecified atom stereocenters. The monoisotopic (exact) mass is 344 g/mol. The molecule has 0 bridgehead atoms. The van der Waals surface area contributed by atoms with Gasteiger partial charge in [0.15, 0.2) is 0 Å². The van der Waals surface area contributed by atoms with Crippen LogP contribution < -0.4 is 5.32 Å². The van der Waals surface area contributed by atoms with Crippen LogP contribution in [0.5, 0.6) is 0 Å². The summed E-state index contributed by atoms with van der Waals surface area (Å²) in [6, 6.07) is 8.40. The van der Waals surface area contributed by atoms with Crippen molar-refractivity contribution < 1.29 is 8.42 Å². The summed E-state index contributed by atoms with van der Waals surface area (Å²) in [6.07, 6.45) is 3.10. The van der Waals surface area contributed by atoms with Crippen molar-refractivity contribution in [1.82, 2.24) is 9.62 Å². The van der Waals surface area contributed by atoms with E-state index in [-0.39, 0.29) is 6.04 Å². The highest BCUT2D eigenvalue weighted by Crippen LogP contribution is 2.25. The first-order valence-electron chi connectivity index (χ1n) is 7.78. The smallest absolute Gasteiger partial charge is 0.211 e. The molecule has 6 heteroatoms. The highest BCUT2D eigenvalue weighted by molar-refractivity contribution is 7.88. The van der Waals surface area contributed by atoms with E-state index in [4.69, 9.17) is 11.6 Å². The summed E-state index contributed by atoms with van der Waals surface area (Å²) in [4.78, 5) is 0. The van der Waals surface area contributed by atoms with Crippen LogP contribution in [-0.4, -0.2) is 38.1 Å². The number of hydrogen-bond acceptors (Lipinski definition) is 3. The molecular weight excluding hydrogens is 320 g/mol. The third-order valence-electron chi connectivity index (χ3n) is 4.50. The van der Waals surface area contributed by atoms with Gasteiger partial charge in [0.05, 0.1) is 6.26 Å². The van der Waals surface area contributed by atoms with Crippen LogP contribution in [0.3, 0.4) is 0 Å². The van der Waals surface area contributed by atoms with E-state index in [0.29, 0.717) is 25.0 Å². The average molecular weight is 345 g/mol. The molecule has 1 heterocycles. The lowest BCUT2D eigenvalue weighted by atomic mass is 9.90. The molecule has 1 aliphatic heterocycles. The van der Waals surface area contributed by atoms with E-state index in [1.807, 2.05) is 18.2 Å². The minimum atomic E-state index is -3.09. The molecular formula is C16H25ClN2O2S. The predicted molar refractivity (Wildman–Crippen MR) is 91.6 cm³/mol. The fraction of sp³-hybridized carbons (Fsp3) is 0.625. The third-order valence-corrected chi connectivity index (χ3v) is 6.01. The lowest BCUT2D eigenvalue weighted by Gasteiger charge is -2.38. The van der Waals surface area contributed by atoms with Gasteiger partial charge in [-0.2, -0.15) is 0 Å². The van der Waals surface area contributed by atoms with Gasteiger partial charge in [0, 0.05) is 30.2 Å². The van der Waals surface area contributed by atoms with E-state index in [2.05, 4.69) is 25.2 Å². The second-order valence-electron chi connectivity index (χ2n) is 6.13. The first-order chi connectivity index (χ1) is 10.3. The average Bonchev–Trinajstić information content (AvgIpc) is 2.46. The van der Waals surface area contributed by atoms with Gasteiger partial charge in [-0.05, 0) is 37.0 Å². The molecule has 0 saturated carbocycles. The largest absolute Gasteiger partial charge is 0.307 e. The number of hydrogen-bond donors (Lipinski definition) is 1. The van der Waals surface area contributed by atoms with Crippen molar-refractivity contribution in [3.05, 3.63) is 34.9 Å². The topological polar surface area (TPSA) is 49.4 Å². The van der Waals surface area contributed by atoms with Crippen LogP contribution in [0.1, 0.15) is 38.3 Å². The summed E-state index contributed by atoms with van der Waals surface area (Å²) in [5.41, 5.74) is 1.16. The van der Waals surface area contributed by atoms with Crippen molar-refractivity contribution in [2.24, 2.45) is 5.92 Å². The van der Waals surface area contributed by atoms with Crippen molar-refractivity contribution >= 4 is 21.6 Å². The molecule has 1 aliphatic rings. The van der Waals surface area contributed by atoms with E-state index < -0.39 is 10.0 Å². The summed E-state index contributed by atoms with van der Waals surface area (Å²) in [7, 11) is -3.09. The molecule has 124 valence electrons. The maximum absolute atomic E-state index is 11.7. The molecule has 3 atom stereocenters. The first kappa shape index (κ1) is 17.7. The Morgan fingerprint density at radius 1 is 1.45 bits per heavy atom. The van der Waals surface area contributed by atoms with Gasteiger partial charge >= 0.3 is 0 Å². The molecule has 1 fully saturated rings. The van der Waals surface area contributed by atoms with Gasteiger partial charge in [-0.1, -0.05) is 37.1 Å². The number of benzene rings is 1. The number of halogens is 1. The Kier molecular flexibility index (Phi) is 5.88. The van der Waals surface area contributed by atoms with Crippen LogP contribution in [0.2, 0.25) is 5.02 Å². The zero-order chi connectivity index (χ0) is 16.3. The first-order valence-corrected chi connectivity index (χ1v) is 10.0. The number of nitrogens with zero attached hydrogens (tertiary/aromatic N) is 1. The lowest BCUT2D eigenvalue weighted by Crippen LogP contribution is -2.51. The summed E-state index contributed by atoms with van der Waals surface area (Å²) >= 11 is 6.06. The second-order valence-corrected chi connectivity index (χ2v) is 8.55. The minimum absolute atomic E-state index is 0.197. The lowest BCUT2D eigenvalue weighted by molar-refractivity contribution is 0.193. The molecule has 22 heavy (non-hydrogen) atoms. The highest BCUT2D eigenvalue weighted by Gasteiger charge is 2.32. The standard InChI is InChI=1S/C16H25ClN2O2S/c1-4-13-11-19(22(3,20)21)9-8-16(13)18-12(2)14-6-5-7-15(17)10-14/h5-7,10,12-13,16,18H,4,8-9,11H2,1-3H3/t12-,13-,16+/m1/s1. The Balaban J connectivity index is 2.03. The minimum Gasteiger partial charge on any atom is -0.307 e. The fourth-order valence-electron chi connectivity index (χ4n) is 3.13. The number of sulfonamides is 1. The normalized spacial score (nSPS) is 25.1. The van der Waals surface area contributed by atoms with Gasteiger partial charge in [-0.25, -0.2) is 12.7 Å². The maximum atomic E-state index is 11.7. The number of rotatable bonds is 5. The molecule has 4 nitrogen and oxygen atoms in total. The highest BCUT2D eigenvalue weighted by atomic mass is 35.5. The third kappa shape index (κ3) is 4.44. The molecule has 0 spiro atoms. The number of nitrogens with one attached hydrogen (secondary N) is 1. The Morgan fingerprint density at radius 2 is 2.18 bits per heavy atom. The van der Waals surface area contributed by atoms with Gasteiger partial charge in [-0.15, -0.1) is 0 Å². The summed E-state index contributed by atoms with van der Waals surface area (Å²) < 4.78 is 25.1. The van der Waals surface area contributed by atoms with Crippen LogP contribution in [0.25, 0.3) is 0 Å². The Bertz CT molecular complexity index is 606. The zero-order valence-corrected chi connectivity index (χ0v) is 15.0. The molecule has 1 aromatic carbocycles. The van der Waals surface area contributed by atoms with E-state index >= 15 is 0 Å². The molecule has 0 aliphatic carbocycles. The second kappa shape index (κ2) is 7.30. The van der Waals surface area contributed by atoms with Gasteiger partial charge in [0.1, 0.15) is 0 Å². The molecule has 2 rings (SSSR count). The van der Waals surface area contributed by atoms with Crippen molar-refractivity contribution in [2.75, 3.05) is 19.3 Å². The fourth-order valence-corrected chi connectivity index (χ4v) is 4.22. The SMILES string of the molecule is CC[C@@H]1CN(S(C)(=O)=O)CC[C@@H]1N[C@H](C)c1cccc(Cl)c1. The van der Waals surface area contributed by atoms with E-state index in [1.165, 1.54) is 6.26 Å². The molecule has 0 aromatic heterocycles. The van der Waals surface area contributed by atoms with Crippen molar-refractivity contribution in [3.8, 4) is 0 Å².